The van der Waals surface area contributed by atoms with Crippen molar-refractivity contribution >= 4 is 11.7 Å². The van der Waals surface area contributed by atoms with Crippen LogP contribution in [0.1, 0.15) is 32.6 Å². The molecule has 0 radical (unpaired) electrons. The minimum Gasteiger partial charge on any atom is -0.335 e. The van der Waals surface area contributed by atoms with Crippen molar-refractivity contribution in [3.05, 3.63) is 30.3 Å². The number of fused-ring (bicyclic) bond motifs is 2. The number of carbonyl (C=O) groups is 1. The van der Waals surface area contributed by atoms with Crippen LogP contribution in [0.15, 0.2) is 30.3 Å². The molecule has 3 heteroatoms. The summed E-state index contributed by atoms with van der Waals surface area (Å²) in [6.45, 7) is 2.15. The molecule has 4 unspecified atom stereocenters. The van der Waals surface area contributed by atoms with E-state index in [9.17, 15) is 4.79 Å². The maximum atomic E-state index is 12.0. The van der Waals surface area contributed by atoms with E-state index in [0.29, 0.717) is 5.92 Å². The Balaban J connectivity index is 1.52. The Labute approximate surface area is 114 Å². The van der Waals surface area contributed by atoms with Gasteiger partial charge in [-0.05, 0) is 56.1 Å². The first-order valence-corrected chi connectivity index (χ1v) is 7.35. The second-order valence-corrected chi connectivity index (χ2v) is 6.09. The van der Waals surface area contributed by atoms with Crippen molar-refractivity contribution in [2.45, 2.75) is 38.6 Å². The number of benzene rings is 1. The third kappa shape index (κ3) is 2.75. The van der Waals surface area contributed by atoms with E-state index in [1.807, 2.05) is 30.3 Å². The second kappa shape index (κ2) is 5.24. The van der Waals surface area contributed by atoms with Gasteiger partial charge in [-0.2, -0.15) is 0 Å². The van der Waals surface area contributed by atoms with Gasteiger partial charge in [0.1, 0.15) is 0 Å². The number of hydrogen-bond acceptors (Lipinski definition) is 1. The van der Waals surface area contributed by atoms with Crippen molar-refractivity contribution in [3.63, 3.8) is 0 Å². The monoisotopic (exact) mass is 258 g/mol. The summed E-state index contributed by atoms with van der Waals surface area (Å²) in [5, 5.41) is 6.00. The maximum absolute atomic E-state index is 12.0. The second-order valence-electron chi connectivity index (χ2n) is 6.09. The summed E-state index contributed by atoms with van der Waals surface area (Å²) in [6.07, 6.45) is 5.46. The molecule has 2 fully saturated rings. The van der Waals surface area contributed by atoms with Gasteiger partial charge in [-0.3, -0.25) is 0 Å². The smallest absolute Gasteiger partial charge is 0.319 e. The average molecular weight is 258 g/mol. The summed E-state index contributed by atoms with van der Waals surface area (Å²) in [5.41, 5.74) is 0.847. The third-order valence-corrected chi connectivity index (χ3v) is 4.83. The summed E-state index contributed by atoms with van der Waals surface area (Å²) >= 11 is 0. The van der Waals surface area contributed by atoms with Crippen LogP contribution in [0.3, 0.4) is 0 Å². The van der Waals surface area contributed by atoms with Gasteiger partial charge in [-0.1, -0.05) is 24.6 Å². The number of nitrogens with one attached hydrogen (secondary N) is 2. The Bertz CT molecular complexity index is 445. The summed E-state index contributed by atoms with van der Waals surface area (Å²) < 4.78 is 0. The van der Waals surface area contributed by atoms with E-state index in [2.05, 4.69) is 17.6 Å². The lowest BCUT2D eigenvalue weighted by molar-refractivity contribution is 0.230. The summed E-state index contributed by atoms with van der Waals surface area (Å²) in [7, 11) is 0. The fourth-order valence-electron chi connectivity index (χ4n) is 3.91. The van der Waals surface area contributed by atoms with E-state index in [1.165, 1.54) is 25.7 Å². The molecular weight excluding hydrogens is 236 g/mol. The Morgan fingerprint density at radius 1 is 1.21 bits per heavy atom. The zero-order valence-electron chi connectivity index (χ0n) is 11.4. The van der Waals surface area contributed by atoms with Crippen LogP contribution < -0.4 is 10.6 Å². The molecule has 2 saturated carbocycles. The molecule has 0 aromatic heterocycles. The van der Waals surface area contributed by atoms with Gasteiger partial charge in [0.15, 0.2) is 0 Å². The molecule has 3 nitrogen and oxygen atoms in total. The predicted octanol–water partition coefficient (Wildman–Crippen LogP) is 3.63. The molecular formula is C16H22N2O. The number of amides is 2. The topological polar surface area (TPSA) is 41.1 Å². The lowest BCUT2D eigenvalue weighted by Gasteiger charge is -2.28. The minimum atomic E-state index is -0.0820. The van der Waals surface area contributed by atoms with Gasteiger partial charge in [0.05, 0.1) is 0 Å². The van der Waals surface area contributed by atoms with E-state index in [1.54, 1.807) is 0 Å². The highest BCUT2D eigenvalue weighted by Crippen LogP contribution is 2.49. The van der Waals surface area contributed by atoms with Crippen LogP contribution >= 0.6 is 0 Å². The van der Waals surface area contributed by atoms with Crippen molar-refractivity contribution in [1.82, 2.24) is 5.32 Å². The minimum absolute atomic E-state index is 0.0820. The van der Waals surface area contributed by atoms with Crippen LogP contribution in [0.2, 0.25) is 0 Å². The predicted molar refractivity (Wildman–Crippen MR) is 77.0 cm³/mol. The van der Waals surface area contributed by atoms with E-state index >= 15 is 0 Å². The molecule has 2 aliphatic carbocycles. The van der Waals surface area contributed by atoms with Crippen molar-refractivity contribution in [2.75, 3.05) is 5.32 Å². The fourth-order valence-corrected chi connectivity index (χ4v) is 3.91. The lowest BCUT2D eigenvalue weighted by Crippen LogP contribution is -2.42. The maximum Gasteiger partial charge on any atom is 0.319 e. The number of rotatable bonds is 3. The zero-order valence-corrected chi connectivity index (χ0v) is 11.4. The Morgan fingerprint density at radius 3 is 2.63 bits per heavy atom. The highest BCUT2D eigenvalue weighted by atomic mass is 16.2. The fraction of sp³-hybridized carbons (Fsp3) is 0.562. The van der Waals surface area contributed by atoms with Gasteiger partial charge in [0.2, 0.25) is 0 Å². The standard InChI is InChI=1S/C16H22N2O/c1-11(15-10-12-7-8-13(15)9-12)17-16(19)18-14-5-3-2-4-6-14/h2-6,11-13,15H,7-10H2,1H3,(H2,17,18,19). The van der Waals surface area contributed by atoms with Crippen molar-refractivity contribution < 1.29 is 4.79 Å². The van der Waals surface area contributed by atoms with Crippen molar-refractivity contribution in [3.8, 4) is 0 Å². The summed E-state index contributed by atoms with van der Waals surface area (Å²) in [4.78, 5) is 12.0. The largest absolute Gasteiger partial charge is 0.335 e. The molecule has 0 heterocycles. The Morgan fingerprint density at radius 2 is 2.00 bits per heavy atom. The lowest BCUT2D eigenvalue weighted by atomic mass is 9.84. The highest BCUT2D eigenvalue weighted by Gasteiger charge is 2.42. The number of carbonyl (C=O) groups excluding carboxylic acids is 1. The van der Waals surface area contributed by atoms with E-state index in [-0.39, 0.29) is 12.1 Å². The van der Waals surface area contributed by atoms with Crippen LogP contribution in [0, 0.1) is 17.8 Å². The number of para-hydroxylation sites is 1. The normalized spacial score (nSPS) is 30.1. The van der Waals surface area contributed by atoms with Gasteiger partial charge in [0, 0.05) is 11.7 Å². The molecule has 2 amide bonds. The van der Waals surface area contributed by atoms with Crippen LogP contribution in [-0.4, -0.2) is 12.1 Å². The highest BCUT2D eigenvalue weighted by molar-refractivity contribution is 5.89. The molecule has 0 saturated heterocycles. The molecule has 3 rings (SSSR count). The Hall–Kier alpha value is -1.51. The molecule has 1 aromatic carbocycles. The van der Waals surface area contributed by atoms with Crippen molar-refractivity contribution in [2.24, 2.45) is 17.8 Å². The van der Waals surface area contributed by atoms with E-state index < -0.39 is 0 Å². The molecule has 2 N–H and O–H groups in total. The number of urea groups is 1. The van der Waals surface area contributed by atoms with Crippen LogP contribution in [-0.2, 0) is 0 Å². The first kappa shape index (κ1) is 12.5. The summed E-state index contributed by atoms with van der Waals surface area (Å²) in [6, 6.07) is 9.80. The quantitative estimate of drug-likeness (QED) is 0.854. The molecule has 102 valence electrons. The number of hydrogen-bond donors (Lipinski definition) is 2. The Kier molecular flexibility index (Phi) is 3.45. The molecule has 4 atom stereocenters. The molecule has 0 aliphatic heterocycles. The van der Waals surface area contributed by atoms with Gasteiger partial charge in [-0.15, -0.1) is 0 Å². The summed E-state index contributed by atoms with van der Waals surface area (Å²) in [5.74, 6) is 2.45. The first-order valence-electron chi connectivity index (χ1n) is 7.35. The van der Waals surface area contributed by atoms with Crippen LogP contribution in [0.25, 0.3) is 0 Å². The zero-order chi connectivity index (χ0) is 13.2. The molecule has 1 aromatic rings. The SMILES string of the molecule is CC(NC(=O)Nc1ccccc1)C1CC2CCC1C2. The number of anilines is 1. The van der Waals surface area contributed by atoms with E-state index in [0.717, 1.165) is 17.5 Å². The van der Waals surface area contributed by atoms with Crippen LogP contribution in [0.4, 0.5) is 10.5 Å². The van der Waals surface area contributed by atoms with Gasteiger partial charge < -0.3 is 10.6 Å². The van der Waals surface area contributed by atoms with Crippen molar-refractivity contribution in [1.29, 1.82) is 0 Å². The molecule has 0 spiro atoms. The third-order valence-electron chi connectivity index (χ3n) is 4.83. The van der Waals surface area contributed by atoms with Gasteiger partial charge >= 0.3 is 6.03 Å². The average Bonchev–Trinajstić information content (AvgIpc) is 3.02. The first-order chi connectivity index (χ1) is 9.22. The van der Waals surface area contributed by atoms with E-state index in [4.69, 9.17) is 0 Å². The van der Waals surface area contributed by atoms with Gasteiger partial charge in [0.25, 0.3) is 0 Å². The molecule has 19 heavy (non-hydrogen) atoms. The molecule has 2 aliphatic rings. The molecule has 2 bridgehead atoms. The van der Waals surface area contributed by atoms with Gasteiger partial charge in [-0.25, -0.2) is 4.79 Å². The van der Waals surface area contributed by atoms with Crippen LogP contribution in [0.5, 0.6) is 0 Å².